The molecule has 0 aliphatic heterocycles. The van der Waals surface area contributed by atoms with E-state index in [-0.39, 0.29) is 0 Å². The lowest BCUT2D eigenvalue weighted by Gasteiger charge is -1.81. The first kappa shape index (κ1) is 0.977. The molecule has 1 unspecified atom stereocenters. The topological polar surface area (TPSA) is 26.0 Å². The van der Waals surface area contributed by atoms with Crippen LogP contribution in [0.5, 0.6) is 0 Å². The minimum atomic E-state index is -1.97. The average Bonchev–Trinajstić information content (AvgIpc) is 1.31. The molecule has 4 heavy (non-hydrogen) atoms. The molecular weight excluding hydrogens is 50.0 g/mol. The van der Waals surface area contributed by atoms with Crippen molar-refractivity contribution in [2.75, 3.05) is 0 Å². The molecule has 0 heterocycles. The summed E-state index contributed by atoms with van der Waals surface area (Å²) >= 11 is 0. The molecule has 0 saturated heterocycles. The number of rotatable bonds is 0. The summed E-state index contributed by atoms with van der Waals surface area (Å²) in [6, 6.07) is -0.701. The van der Waals surface area contributed by atoms with E-state index in [1.54, 1.807) is 0 Å². The standard InChI is InChI=1S/C3H9N/c1-3(2)4/h3H,4H2,1-2H3/i1D3. The lowest BCUT2D eigenvalue weighted by Crippen LogP contribution is -2.06. The first-order valence-corrected chi connectivity index (χ1v) is 1.20. The van der Waals surface area contributed by atoms with E-state index in [1.165, 1.54) is 6.92 Å². The van der Waals surface area contributed by atoms with Crippen LogP contribution in [0.4, 0.5) is 0 Å². The van der Waals surface area contributed by atoms with Crippen molar-refractivity contribution >= 4 is 0 Å². The van der Waals surface area contributed by atoms with Gasteiger partial charge in [-0.1, -0.05) is 13.8 Å². The summed E-state index contributed by atoms with van der Waals surface area (Å²) in [5.41, 5.74) is 5.01. The van der Waals surface area contributed by atoms with Crippen molar-refractivity contribution < 1.29 is 4.11 Å². The maximum absolute atomic E-state index is 6.59. The molecule has 1 nitrogen and oxygen atoms in total. The van der Waals surface area contributed by atoms with E-state index < -0.39 is 12.9 Å². The predicted molar refractivity (Wildman–Crippen MR) is 19.3 cm³/mol. The Labute approximate surface area is 31.0 Å². The molecule has 0 aromatic heterocycles. The van der Waals surface area contributed by atoms with E-state index in [9.17, 15) is 0 Å². The SMILES string of the molecule is [2H]C([2H])([2H])C(C)N. The van der Waals surface area contributed by atoms with Crippen LogP contribution in [0.25, 0.3) is 0 Å². The molecule has 0 aromatic carbocycles. The molecule has 2 N–H and O–H groups in total. The number of hydrogen-bond donors (Lipinski definition) is 1. The number of nitrogens with two attached hydrogens (primary N) is 1. The van der Waals surface area contributed by atoms with Crippen LogP contribution >= 0.6 is 0 Å². The molecule has 26 valence electrons. The van der Waals surface area contributed by atoms with Crippen molar-refractivity contribution in [3.63, 3.8) is 0 Å². The lowest BCUT2D eigenvalue weighted by atomic mass is 10.5. The van der Waals surface area contributed by atoms with Gasteiger partial charge < -0.3 is 5.73 Å². The molecule has 0 saturated carbocycles. The summed E-state index contributed by atoms with van der Waals surface area (Å²) < 4.78 is 19.8. The van der Waals surface area contributed by atoms with Gasteiger partial charge in [-0.15, -0.1) is 0 Å². The second kappa shape index (κ2) is 1.30. The Morgan fingerprint density at radius 2 is 2.50 bits per heavy atom. The first-order chi connectivity index (χ1) is 2.94. The molecule has 1 heteroatoms. The van der Waals surface area contributed by atoms with Crippen LogP contribution in [-0.4, -0.2) is 6.04 Å². The lowest BCUT2D eigenvalue weighted by molar-refractivity contribution is 0.834. The summed E-state index contributed by atoms with van der Waals surface area (Å²) in [5.74, 6) is 0. The summed E-state index contributed by atoms with van der Waals surface area (Å²) in [7, 11) is 0. The molecule has 0 aromatic rings. The van der Waals surface area contributed by atoms with E-state index in [2.05, 4.69) is 0 Å². The average molecular weight is 62.1 g/mol. The van der Waals surface area contributed by atoms with E-state index in [0.29, 0.717) is 0 Å². The highest BCUT2D eigenvalue weighted by atomic mass is 14.6. The fraction of sp³-hybridized carbons (Fsp3) is 1.00. The van der Waals surface area contributed by atoms with E-state index >= 15 is 0 Å². The third-order valence-electron chi connectivity index (χ3n) is 0. The van der Waals surface area contributed by atoms with Crippen LogP contribution in [-0.2, 0) is 0 Å². The van der Waals surface area contributed by atoms with Crippen molar-refractivity contribution in [3.05, 3.63) is 0 Å². The van der Waals surface area contributed by atoms with E-state index in [1.807, 2.05) is 0 Å². The molecular formula is C3H9N. The Morgan fingerprint density at radius 1 is 2.25 bits per heavy atom. The predicted octanol–water partition coefficient (Wildman–Crippen LogP) is 0.354. The summed E-state index contributed by atoms with van der Waals surface area (Å²) in [6.07, 6.45) is 0. The third-order valence-corrected chi connectivity index (χ3v) is 0. The smallest absolute Gasteiger partial charge is 0.0246 e. The molecule has 1 atom stereocenters. The monoisotopic (exact) mass is 62.1 g/mol. The highest BCUT2D eigenvalue weighted by molar-refractivity contribution is 4.32. The third kappa shape index (κ3) is 1130. The van der Waals surface area contributed by atoms with Gasteiger partial charge in [0.05, 0.1) is 0 Å². The Hall–Kier alpha value is -0.0400. The molecule has 0 aliphatic rings. The maximum atomic E-state index is 6.59. The van der Waals surface area contributed by atoms with Gasteiger partial charge in [0, 0.05) is 4.11 Å². The quantitative estimate of drug-likeness (QED) is 0.430. The highest BCUT2D eigenvalue weighted by Gasteiger charge is 1.67. The van der Waals surface area contributed by atoms with Gasteiger partial charge >= 0.3 is 0 Å². The van der Waals surface area contributed by atoms with Crippen molar-refractivity contribution in [1.29, 1.82) is 0 Å². The van der Waals surface area contributed by atoms with Crippen molar-refractivity contribution in [2.24, 2.45) is 5.73 Å². The Kier molecular flexibility index (Phi) is 0.317. The number of hydrogen-bond acceptors (Lipinski definition) is 1. The zero-order valence-corrected chi connectivity index (χ0v) is 2.65. The van der Waals surface area contributed by atoms with Gasteiger partial charge in [-0.3, -0.25) is 0 Å². The summed E-state index contributed by atoms with van der Waals surface area (Å²) in [5, 5.41) is 0. The van der Waals surface area contributed by atoms with Crippen LogP contribution in [0.2, 0.25) is 0 Å². The normalized spacial score (nSPS) is 30.0. The Balaban J connectivity index is 3.54. The molecule has 0 amide bonds. The van der Waals surface area contributed by atoms with Crippen LogP contribution in [0.15, 0.2) is 0 Å². The molecule has 0 fully saturated rings. The Bertz CT molecular complexity index is 55.7. The summed E-state index contributed by atoms with van der Waals surface area (Å²) in [6.45, 7) is -0.507. The zero-order valence-electron chi connectivity index (χ0n) is 5.65. The van der Waals surface area contributed by atoms with Crippen molar-refractivity contribution in [3.8, 4) is 0 Å². The Morgan fingerprint density at radius 3 is 2.50 bits per heavy atom. The minimum absolute atomic E-state index is 0.701. The highest BCUT2D eigenvalue weighted by Crippen LogP contribution is 1.58. The van der Waals surface area contributed by atoms with Gasteiger partial charge in [-0.25, -0.2) is 0 Å². The van der Waals surface area contributed by atoms with Gasteiger partial charge in [0.15, 0.2) is 0 Å². The van der Waals surface area contributed by atoms with Crippen LogP contribution < -0.4 is 5.73 Å². The fourth-order valence-electron chi connectivity index (χ4n) is 0. The fourth-order valence-corrected chi connectivity index (χ4v) is 0. The van der Waals surface area contributed by atoms with Gasteiger partial charge in [0.1, 0.15) is 0 Å². The minimum Gasteiger partial charge on any atom is -0.328 e. The second-order valence-corrected chi connectivity index (χ2v) is 0.789. The molecule has 0 radical (unpaired) electrons. The van der Waals surface area contributed by atoms with Crippen LogP contribution in [0.3, 0.4) is 0 Å². The van der Waals surface area contributed by atoms with E-state index in [0.717, 1.165) is 0 Å². The van der Waals surface area contributed by atoms with Gasteiger partial charge in [0.2, 0.25) is 0 Å². The van der Waals surface area contributed by atoms with Crippen LogP contribution in [0.1, 0.15) is 17.9 Å². The molecule has 0 rings (SSSR count). The van der Waals surface area contributed by atoms with Crippen molar-refractivity contribution in [1.82, 2.24) is 0 Å². The van der Waals surface area contributed by atoms with Gasteiger partial charge in [-0.05, 0) is 6.04 Å². The van der Waals surface area contributed by atoms with Crippen molar-refractivity contribution in [2.45, 2.75) is 19.8 Å². The van der Waals surface area contributed by atoms with Gasteiger partial charge in [-0.2, -0.15) is 0 Å². The molecule has 0 aliphatic carbocycles. The molecule has 0 bridgehead atoms. The van der Waals surface area contributed by atoms with E-state index in [4.69, 9.17) is 9.85 Å². The zero-order chi connectivity index (χ0) is 6.08. The van der Waals surface area contributed by atoms with Crippen LogP contribution in [0, 0.1) is 0 Å². The largest absolute Gasteiger partial charge is 0.328 e. The summed E-state index contributed by atoms with van der Waals surface area (Å²) in [4.78, 5) is 0. The van der Waals surface area contributed by atoms with Gasteiger partial charge in [0.25, 0.3) is 0 Å². The molecule has 0 spiro atoms. The first-order valence-electron chi connectivity index (χ1n) is 2.70. The maximum Gasteiger partial charge on any atom is 0.0246 e. The second-order valence-electron chi connectivity index (χ2n) is 0.789.